The smallest absolute Gasteiger partial charge is 0.337 e. The third kappa shape index (κ3) is 3.22. The van der Waals surface area contributed by atoms with Crippen molar-refractivity contribution in [2.24, 2.45) is 7.05 Å². The molecule has 2 aromatic rings. The van der Waals surface area contributed by atoms with Crippen molar-refractivity contribution in [1.29, 1.82) is 0 Å². The molecule has 5 heteroatoms. The van der Waals surface area contributed by atoms with Crippen LogP contribution in [0, 0.1) is 13.8 Å². The van der Waals surface area contributed by atoms with Crippen LogP contribution in [0.5, 0.6) is 0 Å². The molecule has 0 aliphatic heterocycles. The topological polar surface area (TPSA) is 43.3 Å². The Labute approximate surface area is 129 Å². The largest absolute Gasteiger partial charge is 0.465 e. The molecule has 1 aromatic carbocycles. The molecule has 1 aromatic heterocycles. The standard InChI is InChI=1S/C16H19ClN2O2/c1-10-7-13(11(2)19(10)3)9-18-15-8-12(16(20)21-4)5-6-14(15)17/h5-8,18H,9H2,1-4H3. The Hall–Kier alpha value is -1.94. The van der Waals surface area contributed by atoms with Crippen LogP contribution in [0.1, 0.15) is 27.3 Å². The molecule has 0 aliphatic carbocycles. The third-order valence-corrected chi connectivity index (χ3v) is 4.07. The Morgan fingerprint density at radius 1 is 1.33 bits per heavy atom. The van der Waals surface area contributed by atoms with Gasteiger partial charge in [-0.25, -0.2) is 4.79 Å². The van der Waals surface area contributed by atoms with Gasteiger partial charge in [-0.1, -0.05) is 11.6 Å². The summed E-state index contributed by atoms with van der Waals surface area (Å²) in [5.74, 6) is -0.374. The maximum atomic E-state index is 11.6. The number of aryl methyl sites for hydroxylation is 1. The molecule has 0 bridgehead atoms. The van der Waals surface area contributed by atoms with E-state index in [2.05, 4.69) is 29.8 Å². The highest BCUT2D eigenvalue weighted by Gasteiger charge is 2.10. The minimum atomic E-state index is -0.374. The van der Waals surface area contributed by atoms with Gasteiger partial charge in [0.2, 0.25) is 0 Å². The first kappa shape index (κ1) is 15.4. The molecule has 0 radical (unpaired) electrons. The van der Waals surface area contributed by atoms with E-state index in [1.807, 2.05) is 7.05 Å². The van der Waals surface area contributed by atoms with Crippen molar-refractivity contribution in [1.82, 2.24) is 4.57 Å². The van der Waals surface area contributed by atoms with Crippen molar-refractivity contribution in [3.8, 4) is 0 Å². The Bertz CT molecular complexity index is 677. The first-order chi connectivity index (χ1) is 9.93. The van der Waals surface area contributed by atoms with E-state index in [4.69, 9.17) is 16.3 Å². The number of anilines is 1. The predicted octanol–water partition coefficient (Wildman–Crippen LogP) is 3.69. The van der Waals surface area contributed by atoms with Crippen LogP contribution >= 0.6 is 11.6 Å². The molecule has 1 N–H and O–H groups in total. The van der Waals surface area contributed by atoms with Crippen molar-refractivity contribution >= 4 is 23.3 Å². The second-order valence-electron chi connectivity index (χ2n) is 5.00. The van der Waals surface area contributed by atoms with E-state index in [0.29, 0.717) is 17.1 Å². The summed E-state index contributed by atoms with van der Waals surface area (Å²) in [4.78, 5) is 11.6. The zero-order chi connectivity index (χ0) is 15.6. The minimum absolute atomic E-state index is 0.374. The molecule has 112 valence electrons. The summed E-state index contributed by atoms with van der Waals surface area (Å²) in [6, 6.07) is 7.19. The van der Waals surface area contributed by atoms with Crippen LogP contribution in [0.4, 0.5) is 5.69 Å². The van der Waals surface area contributed by atoms with Gasteiger partial charge >= 0.3 is 5.97 Å². The highest BCUT2D eigenvalue weighted by atomic mass is 35.5. The van der Waals surface area contributed by atoms with Crippen LogP contribution in [0.15, 0.2) is 24.3 Å². The average molecular weight is 307 g/mol. The van der Waals surface area contributed by atoms with Crippen molar-refractivity contribution in [2.75, 3.05) is 12.4 Å². The molecule has 0 spiro atoms. The molecule has 0 unspecified atom stereocenters. The number of aromatic nitrogens is 1. The van der Waals surface area contributed by atoms with Gasteiger partial charge in [0.05, 0.1) is 23.4 Å². The van der Waals surface area contributed by atoms with Crippen LogP contribution in [-0.2, 0) is 18.3 Å². The van der Waals surface area contributed by atoms with Gasteiger partial charge in [0, 0.05) is 25.0 Å². The van der Waals surface area contributed by atoms with Crippen LogP contribution in [-0.4, -0.2) is 17.6 Å². The maximum Gasteiger partial charge on any atom is 0.337 e. The van der Waals surface area contributed by atoms with E-state index in [1.54, 1.807) is 18.2 Å². The van der Waals surface area contributed by atoms with E-state index in [1.165, 1.54) is 24.1 Å². The number of nitrogens with zero attached hydrogens (tertiary/aromatic N) is 1. The molecular formula is C16H19ClN2O2. The second kappa shape index (κ2) is 6.22. The first-order valence-electron chi connectivity index (χ1n) is 6.67. The lowest BCUT2D eigenvalue weighted by atomic mass is 10.2. The Kier molecular flexibility index (Phi) is 4.58. The SMILES string of the molecule is COC(=O)c1ccc(Cl)c(NCc2cc(C)n(C)c2C)c1. The van der Waals surface area contributed by atoms with Crippen LogP contribution in [0.25, 0.3) is 0 Å². The molecule has 0 saturated heterocycles. The van der Waals surface area contributed by atoms with Gasteiger partial charge < -0.3 is 14.6 Å². The number of halogens is 1. The molecule has 2 rings (SSSR count). The molecule has 0 aliphatic rings. The van der Waals surface area contributed by atoms with Crippen molar-refractivity contribution < 1.29 is 9.53 Å². The van der Waals surface area contributed by atoms with Gasteiger partial charge in [-0.05, 0) is 43.7 Å². The van der Waals surface area contributed by atoms with E-state index >= 15 is 0 Å². The molecule has 0 fully saturated rings. The van der Waals surface area contributed by atoms with Gasteiger partial charge in [-0.2, -0.15) is 0 Å². The number of carbonyl (C=O) groups is 1. The van der Waals surface area contributed by atoms with Gasteiger partial charge in [0.1, 0.15) is 0 Å². The van der Waals surface area contributed by atoms with E-state index in [-0.39, 0.29) is 5.97 Å². The molecular weight excluding hydrogens is 288 g/mol. The number of hydrogen-bond donors (Lipinski definition) is 1. The minimum Gasteiger partial charge on any atom is -0.465 e. The van der Waals surface area contributed by atoms with Crippen molar-refractivity contribution in [3.05, 3.63) is 51.8 Å². The number of esters is 1. The summed E-state index contributed by atoms with van der Waals surface area (Å²) in [6.45, 7) is 4.80. The Morgan fingerprint density at radius 3 is 2.62 bits per heavy atom. The number of hydrogen-bond acceptors (Lipinski definition) is 3. The van der Waals surface area contributed by atoms with Crippen LogP contribution < -0.4 is 5.32 Å². The van der Waals surface area contributed by atoms with Gasteiger partial charge in [0.25, 0.3) is 0 Å². The zero-order valence-corrected chi connectivity index (χ0v) is 13.4. The average Bonchev–Trinajstić information content (AvgIpc) is 2.73. The second-order valence-corrected chi connectivity index (χ2v) is 5.40. The summed E-state index contributed by atoms with van der Waals surface area (Å²) in [5.41, 5.74) is 4.82. The maximum absolute atomic E-state index is 11.6. The third-order valence-electron chi connectivity index (χ3n) is 3.74. The first-order valence-corrected chi connectivity index (χ1v) is 7.05. The summed E-state index contributed by atoms with van der Waals surface area (Å²) < 4.78 is 6.86. The van der Waals surface area contributed by atoms with Crippen LogP contribution in [0.2, 0.25) is 5.02 Å². The number of carbonyl (C=O) groups excluding carboxylic acids is 1. The molecule has 0 saturated carbocycles. The Balaban J connectivity index is 2.19. The molecule has 0 amide bonds. The molecule has 1 heterocycles. The number of nitrogens with one attached hydrogen (secondary N) is 1. The predicted molar refractivity (Wildman–Crippen MR) is 85.0 cm³/mol. The number of benzene rings is 1. The lowest BCUT2D eigenvalue weighted by Crippen LogP contribution is -2.05. The number of ether oxygens (including phenoxy) is 1. The highest BCUT2D eigenvalue weighted by molar-refractivity contribution is 6.33. The highest BCUT2D eigenvalue weighted by Crippen LogP contribution is 2.25. The summed E-state index contributed by atoms with van der Waals surface area (Å²) in [7, 11) is 3.40. The molecule has 0 atom stereocenters. The lowest BCUT2D eigenvalue weighted by molar-refractivity contribution is 0.0601. The van der Waals surface area contributed by atoms with Gasteiger partial charge in [-0.15, -0.1) is 0 Å². The summed E-state index contributed by atoms with van der Waals surface area (Å²) in [5, 5.41) is 3.85. The van der Waals surface area contributed by atoms with Gasteiger partial charge in [-0.3, -0.25) is 0 Å². The van der Waals surface area contributed by atoms with Crippen molar-refractivity contribution in [2.45, 2.75) is 20.4 Å². The molecule has 4 nitrogen and oxygen atoms in total. The number of methoxy groups -OCH3 is 1. The van der Waals surface area contributed by atoms with Gasteiger partial charge in [0.15, 0.2) is 0 Å². The summed E-state index contributed by atoms with van der Waals surface area (Å²) in [6.07, 6.45) is 0. The van der Waals surface area contributed by atoms with E-state index in [0.717, 1.165) is 5.69 Å². The van der Waals surface area contributed by atoms with E-state index < -0.39 is 0 Å². The number of rotatable bonds is 4. The van der Waals surface area contributed by atoms with Crippen LogP contribution in [0.3, 0.4) is 0 Å². The fourth-order valence-corrected chi connectivity index (χ4v) is 2.39. The Morgan fingerprint density at radius 2 is 2.05 bits per heavy atom. The molecule has 21 heavy (non-hydrogen) atoms. The van der Waals surface area contributed by atoms with Crippen molar-refractivity contribution in [3.63, 3.8) is 0 Å². The van der Waals surface area contributed by atoms with E-state index in [9.17, 15) is 4.79 Å². The zero-order valence-electron chi connectivity index (χ0n) is 12.7. The normalized spacial score (nSPS) is 10.5. The fourth-order valence-electron chi connectivity index (χ4n) is 2.21. The quantitative estimate of drug-likeness (QED) is 0.876. The monoisotopic (exact) mass is 306 g/mol. The summed E-state index contributed by atoms with van der Waals surface area (Å²) >= 11 is 6.17. The fraction of sp³-hybridized carbons (Fsp3) is 0.312. The lowest BCUT2D eigenvalue weighted by Gasteiger charge is -2.10.